The summed E-state index contributed by atoms with van der Waals surface area (Å²) in [7, 11) is 0. The van der Waals surface area contributed by atoms with Gasteiger partial charge in [-0.1, -0.05) is 30.3 Å². The van der Waals surface area contributed by atoms with Crippen LogP contribution in [0.2, 0.25) is 0 Å². The predicted octanol–water partition coefficient (Wildman–Crippen LogP) is 2.45. The maximum Gasteiger partial charge on any atom is 0.0209 e. The summed E-state index contributed by atoms with van der Waals surface area (Å²) < 4.78 is 0. The second-order valence-corrected chi connectivity index (χ2v) is 5.82. The molecule has 1 saturated carbocycles. The highest BCUT2D eigenvalue weighted by molar-refractivity contribution is 5.14. The van der Waals surface area contributed by atoms with Gasteiger partial charge >= 0.3 is 0 Å². The molecule has 0 spiro atoms. The highest BCUT2D eigenvalue weighted by Crippen LogP contribution is 2.22. The van der Waals surface area contributed by atoms with E-state index in [2.05, 4.69) is 40.5 Å². The highest BCUT2D eigenvalue weighted by Gasteiger charge is 2.28. The van der Waals surface area contributed by atoms with Crippen LogP contribution in [0.5, 0.6) is 0 Å². The smallest absolute Gasteiger partial charge is 0.0209 e. The lowest BCUT2D eigenvalue weighted by Crippen LogP contribution is -2.34. The lowest BCUT2D eigenvalue weighted by Gasteiger charge is -2.16. The van der Waals surface area contributed by atoms with Gasteiger partial charge in [-0.15, -0.1) is 0 Å². The second-order valence-electron chi connectivity index (χ2n) is 5.82. The molecular weight excluding hydrogens is 220 g/mol. The molecule has 0 amide bonds. The van der Waals surface area contributed by atoms with Crippen LogP contribution in [0.3, 0.4) is 0 Å². The van der Waals surface area contributed by atoms with E-state index in [-0.39, 0.29) is 0 Å². The SMILES string of the molecule is c1ccc(CCCN2CCC(NC3CC3)C2)cc1. The molecule has 2 fully saturated rings. The maximum absolute atomic E-state index is 3.75. The summed E-state index contributed by atoms with van der Waals surface area (Å²) >= 11 is 0. The lowest BCUT2D eigenvalue weighted by atomic mass is 10.1. The van der Waals surface area contributed by atoms with E-state index >= 15 is 0 Å². The fourth-order valence-electron chi connectivity index (χ4n) is 2.91. The van der Waals surface area contributed by atoms with Gasteiger partial charge in [0.25, 0.3) is 0 Å². The van der Waals surface area contributed by atoms with Crippen molar-refractivity contribution >= 4 is 0 Å². The van der Waals surface area contributed by atoms with Crippen LogP contribution in [0.1, 0.15) is 31.2 Å². The number of benzene rings is 1. The van der Waals surface area contributed by atoms with E-state index in [0.29, 0.717) is 0 Å². The van der Waals surface area contributed by atoms with Crippen molar-refractivity contribution in [3.63, 3.8) is 0 Å². The van der Waals surface area contributed by atoms with Crippen molar-refractivity contribution in [3.8, 4) is 0 Å². The number of rotatable bonds is 6. The van der Waals surface area contributed by atoms with Crippen molar-refractivity contribution in [3.05, 3.63) is 35.9 Å². The molecule has 98 valence electrons. The fraction of sp³-hybridized carbons (Fsp3) is 0.625. The van der Waals surface area contributed by atoms with E-state index in [1.807, 2.05) is 0 Å². The molecule has 0 aromatic heterocycles. The van der Waals surface area contributed by atoms with Crippen LogP contribution < -0.4 is 5.32 Å². The van der Waals surface area contributed by atoms with E-state index < -0.39 is 0 Å². The van der Waals surface area contributed by atoms with Gasteiger partial charge in [0, 0.05) is 18.6 Å². The van der Waals surface area contributed by atoms with Crippen molar-refractivity contribution in [2.75, 3.05) is 19.6 Å². The van der Waals surface area contributed by atoms with Crippen LogP contribution >= 0.6 is 0 Å². The van der Waals surface area contributed by atoms with Gasteiger partial charge in [-0.3, -0.25) is 0 Å². The Morgan fingerprint density at radius 2 is 1.89 bits per heavy atom. The normalized spacial score (nSPS) is 24.6. The molecule has 1 aromatic carbocycles. The Balaban J connectivity index is 1.34. The van der Waals surface area contributed by atoms with Gasteiger partial charge in [-0.25, -0.2) is 0 Å². The van der Waals surface area contributed by atoms with Crippen LogP contribution in [0.4, 0.5) is 0 Å². The quantitative estimate of drug-likeness (QED) is 0.827. The first-order valence-electron chi connectivity index (χ1n) is 7.42. The van der Waals surface area contributed by atoms with Crippen molar-refractivity contribution in [1.29, 1.82) is 0 Å². The molecule has 1 aromatic rings. The van der Waals surface area contributed by atoms with E-state index in [4.69, 9.17) is 0 Å². The summed E-state index contributed by atoms with van der Waals surface area (Å²) in [6.07, 6.45) is 6.68. The zero-order valence-corrected chi connectivity index (χ0v) is 11.1. The first-order chi connectivity index (χ1) is 8.90. The Labute approximate surface area is 110 Å². The molecule has 2 aliphatic rings. The van der Waals surface area contributed by atoms with E-state index in [0.717, 1.165) is 12.1 Å². The van der Waals surface area contributed by atoms with Gasteiger partial charge in [-0.05, 0) is 50.8 Å². The minimum atomic E-state index is 0.772. The van der Waals surface area contributed by atoms with Gasteiger partial charge in [0.15, 0.2) is 0 Å². The fourth-order valence-corrected chi connectivity index (χ4v) is 2.91. The molecule has 3 rings (SSSR count). The minimum absolute atomic E-state index is 0.772. The zero-order valence-electron chi connectivity index (χ0n) is 11.1. The van der Waals surface area contributed by atoms with Gasteiger partial charge in [-0.2, -0.15) is 0 Å². The number of nitrogens with one attached hydrogen (secondary N) is 1. The molecule has 0 bridgehead atoms. The average Bonchev–Trinajstić information content (AvgIpc) is 3.10. The van der Waals surface area contributed by atoms with Gasteiger partial charge in [0.1, 0.15) is 0 Å². The number of nitrogens with zero attached hydrogens (tertiary/aromatic N) is 1. The van der Waals surface area contributed by atoms with Gasteiger partial charge < -0.3 is 10.2 Å². The van der Waals surface area contributed by atoms with Crippen LogP contribution in [0, 0.1) is 0 Å². The average molecular weight is 244 g/mol. The van der Waals surface area contributed by atoms with E-state index in [9.17, 15) is 0 Å². The number of aryl methyl sites for hydroxylation is 1. The Bertz CT molecular complexity index is 359. The van der Waals surface area contributed by atoms with Crippen molar-refractivity contribution in [2.24, 2.45) is 0 Å². The summed E-state index contributed by atoms with van der Waals surface area (Å²) in [6.45, 7) is 3.82. The number of hydrogen-bond donors (Lipinski definition) is 1. The third kappa shape index (κ3) is 3.56. The third-order valence-electron chi connectivity index (χ3n) is 4.10. The minimum Gasteiger partial charge on any atom is -0.310 e. The van der Waals surface area contributed by atoms with E-state index in [1.54, 1.807) is 0 Å². The Kier molecular flexibility index (Phi) is 3.96. The topological polar surface area (TPSA) is 15.3 Å². The summed E-state index contributed by atoms with van der Waals surface area (Å²) in [5.41, 5.74) is 1.48. The summed E-state index contributed by atoms with van der Waals surface area (Å²) in [5, 5.41) is 3.75. The van der Waals surface area contributed by atoms with Crippen LogP contribution in [0.15, 0.2) is 30.3 Å². The second kappa shape index (κ2) is 5.85. The molecule has 2 heteroatoms. The summed E-state index contributed by atoms with van der Waals surface area (Å²) in [6, 6.07) is 12.5. The highest BCUT2D eigenvalue weighted by atomic mass is 15.2. The number of likely N-dealkylation sites (tertiary alicyclic amines) is 1. The summed E-state index contributed by atoms with van der Waals surface area (Å²) in [4.78, 5) is 2.63. The zero-order chi connectivity index (χ0) is 12.2. The lowest BCUT2D eigenvalue weighted by molar-refractivity contribution is 0.323. The van der Waals surface area contributed by atoms with Crippen LogP contribution in [-0.4, -0.2) is 36.6 Å². The Morgan fingerprint density at radius 3 is 2.67 bits per heavy atom. The maximum atomic E-state index is 3.75. The van der Waals surface area contributed by atoms with Gasteiger partial charge in [0.05, 0.1) is 0 Å². The van der Waals surface area contributed by atoms with Crippen LogP contribution in [0.25, 0.3) is 0 Å². The predicted molar refractivity (Wildman–Crippen MR) is 75.8 cm³/mol. The molecule has 1 aliphatic carbocycles. The first kappa shape index (κ1) is 12.2. The molecule has 0 radical (unpaired) electrons. The molecule has 18 heavy (non-hydrogen) atoms. The molecule has 2 nitrogen and oxygen atoms in total. The molecular formula is C16H24N2. The van der Waals surface area contributed by atoms with E-state index in [1.165, 1.54) is 57.3 Å². The summed E-state index contributed by atoms with van der Waals surface area (Å²) in [5.74, 6) is 0. The largest absolute Gasteiger partial charge is 0.310 e. The molecule has 1 aliphatic heterocycles. The molecule has 1 heterocycles. The Morgan fingerprint density at radius 1 is 1.06 bits per heavy atom. The van der Waals surface area contributed by atoms with Crippen LogP contribution in [-0.2, 0) is 6.42 Å². The Hall–Kier alpha value is -0.860. The molecule has 1 unspecified atom stereocenters. The van der Waals surface area contributed by atoms with Crippen molar-refractivity contribution in [1.82, 2.24) is 10.2 Å². The number of hydrogen-bond acceptors (Lipinski definition) is 2. The third-order valence-corrected chi connectivity index (χ3v) is 4.10. The van der Waals surface area contributed by atoms with Crippen molar-refractivity contribution < 1.29 is 0 Å². The molecule has 1 N–H and O–H groups in total. The molecule has 1 saturated heterocycles. The monoisotopic (exact) mass is 244 g/mol. The molecule has 1 atom stereocenters. The van der Waals surface area contributed by atoms with Gasteiger partial charge in [0.2, 0.25) is 0 Å². The standard InChI is InChI=1S/C16H24N2/c1-2-5-14(6-3-1)7-4-11-18-12-10-16(13-18)17-15-8-9-15/h1-3,5-6,15-17H,4,7-13H2. The first-order valence-corrected chi connectivity index (χ1v) is 7.42. The van der Waals surface area contributed by atoms with Crippen molar-refractivity contribution in [2.45, 2.75) is 44.2 Å².